The van der Waals surface area contributed by atoms with Gasteiger partial charge in [0.15, 0.2) is 0 Å². The lowest BCUT2D eigenvalue weighted by molar-refractivity contribution is 0.364. The van der Waals surface area contributed by atoms with Crippen LogP contribution < -0.4 is 0 Å². The van der Waals surface area contributed by atoms with Crippen molar-refractivity contribution in [3.8, 4) is 0 Å². The van der Waals surface area contributed by atoms with Crippen LogP contribution in [0.3, 0.4) is 0 Å². The number of alkyl halides is 1. The smallest absolute Gasteiger partial charge is 0.00705 e. The molecule has 0 amide bonds. The van der Waals surface area contributed by atoms with Crippen molar-refractivity contribution < 1.29 is 0 Å². The molecule has 1 aliphatic rings. The second-order valence-corrected chi connectivity index (χ2v) is 4.58. The highest BCUT2D eigenvalue weighted by molar-refractivity contribution is 14.2. The molecule has 1 heterocycles. The predicted molar refractivity (Wildman–Crippen MR) is 51.7 cm³/mol. The van der Waals surface area contributed by atoms with E-state index in [1.807, 2.05) is 0 Å². The number of hydrogen-bond acceptors (Lipinski definition) is 1. The molecule has 1 rings (SSSR count). The summed E-state index contributed by atoms with van der Waals surface area (Å²) in [6.45, 7) is 4.03. The maximum Gasteiger partial charge on any atom is 0.00705 e. The third kappa shape index (κ3) is 2.76. The molecular formula is C7H14IN. The van der Waals surface area contributed by atoms with E-state index in [0.29, 0.717) is 20.7 Å². The van der Waals surface area contributed by atoms with E-state index >= 15 is 0 Å². The molecule has 54 valence electrons. The molecule has 2 heteroatoms. The molecule has 0 aromatic rings. The third-order valence-corrected chi connectivity index (χ3v) is 2.98. The quantitative estimate of drug-likeness (QED) is 0.532. The Hall–Kier alpha value is 0.560. The molecule has 0 N–H and O–H groups in total. The third-order valence-electron chi connectivity index (χ3n) is 1.73. The van der Waals surface area contributed by atoms with Crippen LogP contribution in [0.15, 0.2) is 0 Å². The van der Waals surface area contributed by atoms with Gasteiger partial charge in [0, 0.05) is 11.0 Å². The highest BCUT2D eigenvalue weighted by atomic mass is 127. The summed E-state index contributed by atoms with van der Waals surface area (Å²) in [5, 5.41) is 0. The van der Waals surface area contributed by atoms with Gasteiger partial charge in [-0.25, -0.2) is 0 Å². The lowest BCUT2D eigenvalue weighted by atomic mass is 10.4. The Morgan fingerprint density at radius 1 is 1.33 bits per heavy atom. The Balaban J connectivity index is 2.04. The first kappa shape index (κ1) is 7.66. The van der Waals surface area contributed by atoms with E-state index in [4.69, 9.17) is 0 Å². The first-order valence-corrected chi connectivity index (χ1v) is 6.53. The minimum absolute atomic E-state index is 0.298. The van der Waals surface area contributed by atoms with E-state index in [-0.39, 0.29) is 0 Å². The normalized spacial score (nSPS) is 20.9. The monoisotopic (exact) mass is 239 g/mol. The topological polar surface area (TPSA) is 3.24 Å². The Kier molecular flexibility index (Phi) is 3.74. The molecule has 0 radical (unpaired) electrons. The van der Waals surface area contributed by atoms with Gasteiger partial charge >= 0.3 is 0 Å². The van der Waals surface area contributed by atoms with E-state index < -0.39 is 0 Å². The predicted octanol–water partition coefficient (Wildman–Crippen LogP) is 1.48. The molecule has 0 aromatic carbocycles. The van der Waals surface area contributed by atoms with Crippen LogP contribution in [0.5, 0.6) is 0 Å². The van der Waals surface area contributed by atoms with Crippen LogP contribution in [0.1, 0.15) is 12.8 Å². The lowest BCUT2D eigenvalue weighted by Crippen LogP contribution is -2.21. The van der Waals surface area contributed by atoms with Gasteiger partial charge in [0.1, 0.15) is 0 Å². The Morgan fingerprint density at radius 3 is 2.56 bits per heavy atom. The Bertz CT molecular complexity index is 86.9. The van der Waals surface area contributed by atoms with Crippen molar-refractivity contribution in [1.82, 2.24) is 4.90 Å². The van der Waals surface area contributed by atoms with Crippen LogP contribution in [-0.2, 0) is 0 Å². The molecular weight excluding hydrogens is 225 g/mol. The molecule has 0 unspecified atom stereocenters. The van der Waals surface area contributed by atoms with Crippen LogP contribution in [0.25, 0.3) is 0 Å². The van der Waals surface area contributed by atoms with Crippen molar-refractivity contribution in [2.75, 3.05) is 24.1 Å². The van der Waals surface area contributed by atoms with Gasteiger partial charge in [0.05, 0.1) is 0 Å². The van der Waals surface area contributed by atoms with Gasteiger partial charge in [-0.1, -0.05) is 4.51 Å². The summed E-state index contributed by atoms with van der Waals surface area (Å²) in [4.78, 5) is 2.56. The average molecular weight is 239 g/mol. The molecule has 0 saturated carbocycles. The van der Waals surface area contributed by atoms with Crippen LogP contribution in [0, 0.1) is 0 Å². The Labute approximate surface area is 67.2 Å². The summed E-state index contributed by atoms with van der Waals surface area (Å²) in [5.41, 5.74) is 0. The molecule has 1 fully saturated rings. The summed E-state index contributed by atoms with van der Waals surface area (Å²) in [7, 11) is 0. The molecule has 0 aliphatic carbocycles. The second-order valence-electron chi connectivity index (χ2n) is 2.43. The zero-order chi connectivity index (χ0) is 6.53. The maximum absolute atomic E-state index is 3.93. The first-order chi connectivity index (χ1) is 4.43. The van der Waals surface area contributed by atoms with Gasteiger partial charge in [0.25, 0.3) is 0 Å². The van der Waals surface area contributed by atoms with Gasteiger partial charge in [-0.3, -0.25) is 0 Å². The molecule has 1 saturated heterocycles. The number of hydrogen-bond donors (Lipinski definition) is 0. The zero-order valence-corrected chi connectivity index (χ0v) is 7.93. The van der Waals surface area contributed by atoms with Gasteiger partial charge in [-0.15, -0.1) is 20.7 Å². The van der Waals surface area contributed by atoms with Crippen molar-refractivity contribution in [3.05, 3.63) is 0 Å². The fourth-order valence-electron chi connectivity index (χ4n) is 1.19. The number of halogens is 1. The van der Waals surface area contributed by atoms with Gasteiger partial charge in [0.2, 0.25) is 0 Å². The van der Waals surface area contributed by atoms with E-state index in [9.17, 15) is 0 Å². The van der Waals surface area contributed by atoms with E-state index in [1.165, 1.54) is 36.9 Å². The van der Waals surface area contributed by atoms with E-state index in [0.717, 1.165) is 0 Å². The van der Waals surface area contributed by atoms with Gasteiger partial charge < -0.3 is 4.90 Å². The fourth-order valence-corrected chi connectivity index (χ4v) is 2.21. The fraction of sp³-hybridized carbons (Fsp3) is 0.857. The van der Waals surface area contributed by atoms with E-state index in [1.54, 1.807) is 0 Å². The highest BCUT2D eigenvalue weighted by Gasteiger charge is 2.08. The molecule has 0 bridgehead atoms. The number of rotatable bonds is 3. The summed E-state index contributed by atoms with van der Waals surface area (Å²) in [6.07, 6.45) is 2.85. The van der Waals surface area contributed by atoms with Crippen molar-refractivity contribution in [1.29, 1.82) is 0 Å². The van der Waals surface area contributed by atoms with Crippen LogP contribution >= 0.6 is 20.7 Å². The number of likely N-dealkylation sites (tertiary alicyclic amines) is 1. The number of nitrogens with zero attached hydrogens (tertiary/aromatic N) is 1. The minimum Gasteiger partial charge on any atom is -0.303 e. The Morgan fingerprint density at radius 2 is 2.00 bits per heavy atom. The summed E-state index contributed by atoms with van der Waals surface area (Å²) in [5.74, 6) is 0. The summed E-state index contributed by atoms with van der Waals surface area (Å²) in [6, 6.07) is 0. The standard InChI is InChI=1S/C7H14IN/c1-8-4-7-9-5-2-3-6-9/h1-7H2. The molecule has 0 aromatic heterocycles. The van der Waals surface area contributed by atoms with Crippen LogP contribution in [-0.4, -0.2) is 33.5 Å². The lowest BCUT2D eigenvalue weighted by Gasteiger charge is -2.11. The summed E-state index contributed by atoms with van der Waals surface area (Å²) < 4.78 is 5.32. The van der Waals surface area contributed by atoms with E-state index in [2.05, 4.69) is 9.41 Å². The molecule has 0 spiro atoms. The van der Waals surface area contributed by atoms with Gasteiger partial charge in [-0.05, 0) is 25.9 Å². The maximum atomic E-state index is 3.93. The average Bonchev–Trinajstić information content (AvgIpc) is 2.34. The second kappa shape index (κ2) is 4.39. The minimum atomic E-state index is 0.298. The highest BCUT2D eigenvalue weighted by Crippen LogP contribution is 2.07. The molecule has 1 nitrogen and oxygen atoms in total. The van der Waals surface area contributed by atoms with Crippen molar-refractivity contribution >= 4 is 25.2 Å². The van der Waals surface area contributed by atoms with Crippen LogP contribution in [0.4, 0.5) is 0 Å². The summed E-state index contributed by atoms with van der Waals surface area (Å²) >= 11 is 0.298. The van der Waals surface area contributed by atoms with Crippen molar-refractivity contribution in [2.45, 2.75) is 12.8 Å². The zero-order valence-electron chi connectivity index (χ0n) is 5.77. The molecule has 1 aliphatic heterocycles. The van der Waals surface area contributed by atoms with Crippen LogP contribution in [0.2, 0.25) is 0 Å². The molecule has 9 heavy (non-hydrogen) atoms. The van der Waals surface area contributed by atoms with Crippen molar-refractivity contribution in [2.24, 2.45) is 0 Å². The molecule has 0 atom stereocenters. The van der Waals surface area contributed by atoms with Gasteiger partial charge in [-0.2, -0.15) is 0 Å². The first-order valence-electron chi connectivity index (χ1n) is 3.48. The van der Waals surface area contributed by atoms with Crippen molar-refractivity contribution in [3.63, 3.8) is 0 Å². The SMILES string of the molecule is C=ICCN1CCCC1. The largest absolute Gasteiger partial charge is 0.303 e.